The number of benzene rings is 2. The van der Waals surface area contributed by atoms with Crippen LogP contribution >= 0.6 is 11.3 Å². The minimum absolute atomic E-state index is 0.00661. The third-order valence-corrected chi connectivity index (χ3v) is 5.00. The predicted molar refractivity (Wildman–Crippen MR) is 94.4 cm³/mol. The summed E-state index contributed by atoms with van der Waals surface area (Å²) in [6.07, 6.45) is 2.45. The van der Waals surface area contributed by atoms with Crippen LogP contribution in [0.15, 0.2) is 60.8 Å². The van der Waals surface area contributed by atoms with Crippen LogP contribution in [0.5, 0.6) is 5.75 Å². The number of rotatable bonds is 4. The van der Waals surface area contributed by atoms with Crippen molar-refractivity contribution in [3.8, 4) is 16.3 Å². The van der Waals surface area contributed by atoms with E-state index in [0.29, 0.717) is 11.4 Å². The van der Waals surface area contributed by atoms with Crippen molar-refractivity contribution in [1.29, 1.82) is 0 Å². The Bertz CT molecular complexity index is 836. The first-order valence-electron chi connectivity index (χ1n) is 7.83. The zero-order valence-electron chi connectivity index (χ0n) is 12.9. The lowest BCUT2D eigenvalue weighted by atomic mass is 10.1. The summed E-state index contributed by atoms with van der Waals surface area (Å²) >= 11 is 1.40. The van der Waals surface area contributed by atoms with Gasteiger partial charge in [0.1, 0.15) is 21.7 Å². The van der Waals surface area contributed by atoms with E-state index >= 15 is 0 Å². The Kier molecular flexibility index (Phi) is 4.01. The fraction of sp³-hybridized carbons (Fsp3) is 0.158. The topological polar surface area (TPSA) is 51.2 Å². The molecule has 1 aromatic heterocycles. The zero-order chi connectivity index (χ0) is 16.4. The van der Waals surface area contributed by atoms with Crippen molar-refractivity contribution >= 4 is 17.2 Å². The molecule has 1 aliphatic heterocycles. The van der Waals surface area contributed by atoms with E-state index in [9.17, 15) is 4.79 Å². The Morgan fingerprint density at radius 3 is 2.79 bits per heavy atom. The van der Waals surface area contributed by atoms with Crippen molar-refractivity contribution in [2.24, 2.45) is 0 Å². The van der Waals surface area contributed by atoms with Gasteiger partial charge in [-0.1, -0.05) is 48.5 Å². The molecule has 0 unspecified atom stereocenters. The van der Waals surface area contributed by atoms with Gasteiger partial charge in [-0.15, -0.1) is 11.3 Å². The number of ether oxygens (including phenoxy) is 1. The standard InChI is InChI=1S/C19H16N2O2S/c22-18(17-12-21-19(24-17)13-6-2-1-3-7-13)20-11-15-10-14-8-4-5-9-16(14)23-15/h1-9,12,15H,10-11H2,(H,20,22)/t15-/m0/s1. The van der Waals surface area contributed by atoms with Gasteiger partial charge < -0.3 is 10.1 Å². The van der Waals surface area contributed by atoms with E-state index < -0.39 is 0 Å². The molecule has 0 saturated heterocycles. The molecule has 4 rings (SSSR count). The molecule has 120 valence electrons. The van der Waals surface area contributed by atoms with Crippen LogP contribution < -0.4 is 10.1 Å². The van der Waals surface area contributed by atoms with E-state index in [1.54, 1.807) is 6.20 Å². The van der Waals surface area contributed by atoms with Crippen LogP contribution in [-0.4, -0.2) is 23.5 Å². The molecule has 3 aromatic rings. The first-order valence-corrected chi connectivity index (χ1v) is 8.65. The van der Waals surface area contributed by atoms with Crippen molar-refractivity contribution in [2.45, 2.75) is 12.5 Å². The van der Waals surface area contributed by atoms with Gasteiger partial charge in [-0.05, 0) is 11.6 Å². The highest BCUT2D eigenvalue weighted by molar-refractivity contribution is 7.16. The summed E-state index contributed by atoms with van der Waals surface area (Å²) in [5.74, 6) is 0.815. The average Bonchev–Trinajstić information content (AvgIpc) is 3.27. The van der Waals surface area contributed by atoms with E-state index in [1.807, 2.05) is 48.5 Å². The summed E-state index contributed by atoms with van der Waals surface area (Å²) in [7, 11) is 0. The van der Waals surface area contributed by atoms with Crippen molar-refractivity contribution < 1.29 is 9.53 Å². The van der Waals surface area contributed by atoms with Gasteiger partial charge in [0.15, 0.2) is 0 Å². The Labute approximate surface area is 144 Å². The first-order chi connectivity index (χ1) is 11.8. The number of nitrogens with zero attached hydrogens (tertiary/aromatic N) is 1. The minimum atomic E-state index is -0.103. The smallest absolute Gasteiger partial charge is 0.263 e. The van der Waals surface area contributed by atoms with Gasteiger partial charge >= 0.3 is 0 Å². The fourth-order valence-corrected chi connectivity index (χ4v) is 3.59. The van der Waals surface area contributed by atoms with Gasteiger partial charge in [-0.3, -0.25) is 4.79 Å². The first kappa shape index (κ1) is 14.9. The molecule has 4 nitrogen and oxygen atoms in total. The molecule has 24 heavy (non-hydrogen) atoms. The number of hydrogen-bond acceptors (Lipinski definition) is 4. The quantitative estimate of drug-likeness (QED) is 0.793. The number of carbonyl (C=O) groups is 1. The summed E-state index contributed by atoms with van der Waals surface area (Å²) in [5, 5.41) is 3.80. The lowest BCUT2D eigenvalue weighted by Crippen LogP contribution is -2.34. The van der Waals surface area contributed by atoms with Gasteiger partial charge in [0, 0.05) is 12.0 Å². The summed E-state index contributed by atoms with van der Waals surface area (Å²) in [6.45, 7) is 0.492. The largest absolute Gasteiger partial charge is 0.488 e. The molecule has 0 aliphatic carbocycles. The third kappa shape index (κ3) is 3.03. The Morgan fingerprint density at radius 2 is 1.96 bits per heavy atom. The average molecular weight is 336 g/mol. The number of aromatic nitrogens is 1. The number of fused-ring (bicyclic) bond motifs is 1. The molecule has 1 aliphatic rings. The van der Waals surface area contributed by atoms with Crippen LogP contribution in [-0.2, 0) is 6.42 Å². The number of carbonyl (C=O) groups excluding carboxylic acids is 1. The van der Waals surface area contributed by atoms with Crippen molar-refractivity contribution in [3.05, 3.63) is 71.2 Å². The molecule has 1 amide bonds. The molecule has 1 atom stereocenters. The number of nitrogens with one attached hydrogen (secondary N) is 1. The number of para-hydroxylation sites is 1. The molecular formula is C19H16N2O2S. The van der Waals surface area contributed by atoms with E-state index in [1.165, 1.54) is 16.9 Å². The van der Waals surface area contributed by atoms with Crippen LogP contribution in [0.3, 0.4) is 0 Å². The lowest BCUT2D eigenvalue weighted by Gasteiger charge is -2.11. The molecule has 2 aromatic carbocycles. The van der Waals surface area contributed by atoms with E-state index in [2.05, 4.69) is 16.4 Å². The summed E-state index contributed by atoms with van der Waals surface area (Å²) in [6, 6.07) is 17.9. The highest BCUT2D eigenvalue weighted by Gasteiger charge is 2.23. The fourth-order valence-electron chi connectivity index (χ4n) is 2.75. The predicted octanol–water partition coefficient (Wildman–Crippen LogP) is 3.54. The number of thiazole rings is 1. The van der Waals surface area contributed by atoms with E-state index in [4.69, 9.17) is 4.74 Å². The van der Waals surface area contributed by atoms with E-state index in [-0.39, 0.29) is 12.0 Å². The second-order valence-corrected chi connectivity index (χ2v) is 6.69. The maximum atomic E-state index is 12.3. The number of hydrogen-bond donors (Lipinski definition) is 1. The highest BCUT2D eigenvalue weighted by atomic mass is 32.1. The minimum Gasteiger partial charge on any atom is -0.488 e. The van der Waals surface area contributed by atoms with Crippen LogP contribution in [0.2, 0.25) is 0 Å². The normalized spacial score (nSPS) is 15.6. The molecule has 0 bridgehead atoms. The van der Waals surface area contributed by atoms with Gasteiger partial charge in [0.25, 0.3) is 5.91 Å². The Hall–Kier alpha value is -2.66. The molecule has 0 fully saturated rings. The van der Waals surface area contributed by atoms with Gasteiger partial charge in [-0.25, -0.2) is 4.98 Å². The summed E-state index contributed by atoms with van der Waals surface area (Å²) < 4.78 is 5.84. The second kappa shape index (κ2) is 6.45. The van der Waals surface area contributed by atoms with Crippen molar-refractivity contribution in [1.82, 2.24) is 10.3 Å². The summed E-state index contributed by atoms with van der Waals surface area (Å²) in [5.41, 5.74) is 2.22. The molecule has 5 heteroatoms. The highest BCUT2D eigenvalue weighted by Crippen LogP contribution is 2.28. The third-order valence-electron chi connectivity index (χ3n) is 3.95. The Morgan fingerprint density at radius 1 is 1.17 bits per heavy atom. The zero-order valence-corrected chi connectivity index (χ0v) is 13.8. The monoisotopic (exact) mass is 336 g/mol. The van der Waals surface area contributed by atoms with Gasteiger partial charge in [0.05, 0.1) is 12.7 Å². The van der Waals surface area contributed by atoms with Crippen LogP contribution in [0.4, 0.5) is 0 Å². The molecule has 0 radical (unpaired) electrons. The molecule has 2 heterocycles. The van der Waals surface area contributed by atoms with Crippen LogP contribution in [0.25, 0.3) is 10.6 Å². The van der Waals surface area contributed by atoms with E-state index in [0.717, 1.165) is 22.7 Å². The van der Waals surface area contributed by atoms with Crippen LogP contribution in [0, 0.1) is 0 Å². The van der Waals surface area contributed by atoms with Gasteiger partial charge in [0.2, 0.25) is 0 Å². The second-order valence-electron chi connectivity index (χ2n) is 5.66. The maximum absolute atomic E-state index is 12.3. The number of amides is 1. The van der Waals surface area contributed by atoms with Crippen molar-refractivity contribution in [3.63, 3.8) is 0 Å². The molecule has 0 saturated carbocycles. The SMILES string of the molecule is O=C(NC[C@@H]1Cc2ccccc2O1)c1cnc(-c2ccccc2)s1. The van der Waals surface area contributed by atoms with Crippen LogP contribution in [0.1, 0.15) is 15.2 Å². The lowest BCUT2D eigenvalue weighted by molar-refractivity contribution is 0.0937. The summed E-state index contributed by atoms with van der Waals surface area (Å²) in [4.78, 5) is 17.3. The molecular weight excluding hydrogens is 320 g/mol. The molecule has 0 spiro atoms. The maximum Gasteiger partial charge on any atom is 0.263 e. The van der Waals surface area contributed by atoms with Crippen molar-refractivity contribution in [2.75, 3.05) is 6.54 Å². The molecule has 1 N–H and O–H groups in total. The van der Waals surface area contributed by atoms with Gasteiger partial charge in [-0.2, -0.15) is 0 Å². The Balaban J connectivity index is 1.37.